The highest BCUT2D eigenvalue weighted by Gasteiger charge is 2.19. The highest BCUT2D eigenvalue weighted by Crippen LogP contribution is 2.24. The number of dihydropyridines is 1. The van der Waals surface area contributed by atoms with Crippen LogP contribution in [0.2, 0.25) is 0 Å². The fraction of sp³-hybridized carbons (Fsp3) is 0.375. The second kappa shape index (κ2) is 1.83. The summed E-state index contributed by atoms with van der Waals surface area (Å²) in [5.41, 5.74) is 0. The lowest BCUT2D eigenvalue weighted by Crippen LogP contribution is -2.11. The molecule has 1 heteroatoms. The van der Waals surface area contributed by atoms with Crippen LogP contribution in [0.15, 0.2) is 29.3 Å². The van der Waals surface area contributed by atoms with E-state index in [4.69, 9.17) is 0 Å². The van der Waals surface area contributed by atoms with Crippen LogP contribution < -0.4 is 0 Å². The van der Waals surface area contributed by atoms with Gasteiger partial charge in [-0.2, -0.15) is 0 Å². The number of allylic oxidation sites excluding steroid dienone is 2. The van der Waals surface area contributed by atoms with E-state index in [0.29, 0.717) is 12.0 Å². The summed E-state index contributed by atoms with van der Waals surface area (Å²) in [5, 5.41) is 0. The molecule has 2 unspecified atom stereocenters. The molecule has 0 radical (unpaired) electrons. The molecule has 0 saturated carbocycles. The van der Waals surface area contributed by atoms with Crippen LogP contribution >= 0.6 is 0 Å². The van der Waals surface area contributed by atoms with Gasteiger partial charge in [-0.05, 0) is 12.5 Å². The van der Waals surface area contributed by atoms with Gasteiger partial charge >= 0.3 is 0 Å². The van der Waals surface area contributed by atoms with E-state index in [1.54, 1.807) is 0 Å². The summed E-state index contributed by atoms with van der Waals surface area (Å²) < 4.78 is 0. The number of fused-ring (bicyclic) bond motifs is 1. The molecule has 0 N–H and O–H groups in total. The van der Waals surface area contributed by atoms with E-state index < -0.39 is 0 Å². The van der Waals surface area contributed by atoms with Gasteiger partial charge in [0.15, 0.2) is 0 Å². The third-order valence-corrected chi connectivity index (χ3v) is 1.88. The molecule has 0 aromatic heterocycles. The maximum Gasteiger partial charge on any atom is 0.0745 e. The fourth-order valence-corrected chi connectivity index (χ4v) is 1.35. The average molecular weight is 119 g/mol. The van der Waals surface area contributed by atoms with E-state index in [9.17, 15) is 0 Å². The van der Waals surface area contributed by atoms with E-state index in [1.807, 2.05) is 12.3 Å². The van der Waals surface area contributed by atoms with Gasteiger partial charge in [0, 0.05) is 12.1 Å². The van der Waals surface area contributed by atoms with Crippen LogP contribution in [0.25, 0.3) is 0 Å². The van der Waals surface area contributed by atoms with Gasteiger partial charge in [0.05, 0.1) is 6.04 Å². The van der Waals surface area contributed by atoms with Crippen molar-refractivity contribution in [2.45, 2.75) is 12.5 Å². The summed E-state index contributed by atoms with van der Waals surface area (Å²) >= 11 is 0. The Morgan fingerprint density at radius 3 is 3.22 bits per heavy atom. The Kier molecular flexibility index (Phi) is 1.01. The molecule has 2 aliphatic rings. The van der Waals surface area contributed by atoms with Gasteiger partial charge in [0.1, 0.15) is 0 Å². The number of hydrogen-bond donors (Lipinski definition) is 0. The molecule has 0 bridgehead atoms. The Morgan fingerprint density at radius 1 is 1.33 bits per heavy atom. The molecule has 1 aliphatic heterocycles. The zero-order valence-electron chi connectivity index (χ0n) is 5.20. The van der Waals surface area contributed by atoms with Crippen LogP contribution in [-0.4, -0.2) is 12.3 Å². The monoisotopic (exact) mass is 119 g/mol. The van der Waals surface area contributed by atoms with Crippen molar-refractivity contribution in [2.75, 3.05) is 0 Å². The molecule has 2 rings (SSSR count). The molecule has 2 atom stereocenters. The molecule has 1 heterocycles. The first-order valence-corrected chi connectivity index (χ1v) is 3.33. The standard InChI is InChI=1S/C8H9N/c1-3-7-4-2-6-9-8(7)5-1/h1-2,4-8H,3H2. The molecule has 9 heavy (non-hydrogen) atoms. The molecule has 0 fully saturated rings. The normalized spacial score (nSPS) is 37.3. The van der Waals surface area contributed by atoms with Crippen molar-refractivity contribution in [3.8, 4) is 0 Å². The van der Waals surface area contributed by atoms with E-state index in [2.05, 4.69) is 23.2 Å². The number of nitrogens with zero attached hydrogens (tertiary/aromatic N) is 1. The molecule has 1 aliphatic carbocycles. The second-order valence-electron chi connectivity index (χ2n) is 2.50. The minimum atomic E-state index is 0.468. The second-order valence-corrected chi connectivity index (χ2v) is 2.50. The van der Waals surface area contributed by atoms with E-state index in [-0.39, 0.29) is 0 Å². The largest absolute Gasteiger partial charge is 0.285 e. The van der Waals surface area contributed by atoms with Crippen LogP contribution in [0.5, 0.6) is 0 Å². The van der Waals surface area contributed by atoms with Gasteiger partial charge in [-0.1, -0.05) is 18.2 Å². The van der Waals surface area contributed by atoms with Gasteiger partial charge in [0.25, 0.3) is 0 Å². The maximum atomic E-state index is 4.29. The minimum absolute atomic E-state index is 0.468. The Hall–Kier alpha value is -0.850. The van der Waals surface area contributed by atoms with Crippen molar-refractivity contribution in [1.82, 2.24) is 0 Å². The molecule has 0 aromatic rings. The lowest BCUT2D eigenvalue weighted by molar-refractivity contribution is 0.619. The summed E-state index contributed by atoms with van der Waals surface area (Å²) in [6.07, 6.45) is 11.7. The van der Waals surface area contributed by atoms with Gasteiger partial charge in [-0.15, -0.1) is 0 Å². The third-order valence-electron chi connectivity index (χ3n) is 1.88. The molecule has 0 saturated heterocycles. The van der Waals surface area contributed by atoms with Crippen LogP contribution in [0.3, 0.4) is 0 Å². The lowest BCUT2D eigenvalue weighted by Gasteiger charge is -2.12. The quantitative estimate of drug-likeness (QED) is 0.429. The van der Waals surface area contributed by atoms with Crippen LogP contribution in [0, 0.1) is 5.92 Å². The Morgan fingerprint density at radius 2 is 2.33 bits per heavy atom. The van der Waals surface area contributed by atoms with Gasteiger partial charge in [-0.3, -0.25) is 4.99 Å². The molecule has 0 spiro atoms. The zero-order chi connectivity index (χ0) is 6.10. The SMILES string of the molecule is C1=CC2CC=CC2N=C1. The van der Waals surface area contributed by atoms with Gasteiger partial charge in [0.2, 0.25) is 0 Å². The van der Waals surface area contributed by atoms with Crippen molar-refractivity contribution in [3.05, 3.63) is 24.3 Å². The Balaban J connectivity index is 2.25. The minimum Gasteiger partial charge on any atom is -0.285 e. The van der Waals surface area contributed by atoms with E-state index >= 15 is 0 Å². The Labute approximate surface area is 54.8 Å². The highest BCUT2D eigenvalue weighted by molar-refractivity contribution is 5.72. The summed E-state index contributed by atoms with van der Waals surface area (Å²) in [6, 6.07) is 0.468. The predicted molar refractivity (Wildman–Crippen MR) is 38.7 cm³/mol. The first kappa shape index (κ1) is 4.98. The summed E-state index contributed by atoms with van der Waals surface area (Å²) in [4.78, 5) is 4.29. The molecular formula is C8H9N. The van der Waals surface area contributed by atoms with Crippen molar-refractivity contribution in [3.63, 3.8) is 0 Å². The first-order chi connectivity index (χ1) is 4.47. The van der Waals surface area contributed by atoms with Crippen LogP contribution in [0.1, 0.15) is 6.42 Å². The summed E-state index contributed by atoms with van der Waals surface area (Å²) in [7, 11) is 0. The molecule has 0 aromatic carbocycles. The van der Waals surface area contributed by atoms with Gasteiger partial charge < -0.3 is 0 Å². The molecule has 1 nitrogen and oxygen atoms in total. The van der Waals surface area contributed by atoms with Gasteiger partial charge in [-0.25, -0.2) is 0 Å². The number of hydrogen-bond acceptors (Lipinski definition) is 1. The maximum absolute atomic E-state index is 4.29. The third kappa shape index (κ3) is 0.727. The average Bonchev–Trinajstić information content (AvgIpc) is 2.33. The summed E-state index contributed by atoms with van der Waals surface area (Å²) in [5.74, 6) is 0.676. The van der Waals surface area contributed by atoms with Crippen molar-refractivity contribution in [2.24, 2.45) is 10.9 Å². The van der Waals surface area contributed by atoms with Crippen LogP contribution in [0.4, 0.5) is 0 Å². The van der Waals surface area contributed by atoms with E-state index in [1.165, 1.54) is 6.42 Å². The van der Waals surface area contributed by atoms with Crippen molar-refractivity contribution in [1.29, 1.82) is 0 Å². The zero-order valence-corrected chi connectivity index (χ0v) is 5.20. The number of rotatable bonds is 0. The highest BCUT2D eigenvalue weighted by atomic mass is 14.8. The van der Waals surface area contributed by atoms with Crippen molar-refractivity contribution >= 4 is 6.21 Å². The summed E-state index contributed by atoms with van der Waals surface area (Å²) in [6.45, 7) is 0. The fourth-order valence-electron chi connectivity index (χ4n) is 1.35. The topological polar surface area (TPSA) is 12.4 Å². The predicted octanol–water partition coefficient (Wildman–Crippen LogP) is 1.57. The molecular weight excluding hydrogens is 110 g/mol. The Bertz CT molecular complexity index is 189. The van der Waals surface area contributed by atoms with Crippen molar-refractivity contribution < 1.29 is 0 Å². The lowest BCUT2D eigenvalue weighted by atomic mass is 10.0. The van der Waals surface area contributed by atoms with E-state index in [0.717, 1.165) is 0 Å². The number of aliphatic imine (C=N–C) groups is 1. The molecule has 46 valence electrons. The molecule has 0 amide bonds. The smallest absolute Gasteiger partial charge is 0.0745 e. The van der Waals surface area contributed by atoms with Crippen LogP contribution in [-0.2, 0) is 0 Å². The first-order valence-electron chi connectivity index (χ1n) is 3.33.